The van der Waals surface area contributed by atoms with Gasteiger partial charge in [-0.3, -0.25) is 19.4 Å². The van der Waals surface area contributed by atoms with Gasteiger partial charge in [-0.1, -0.05) is 0 Å². The third kappa shape index (κ3) is 7.53. The molecule has 0 saturated carbocycles. The van der Waals surface area contributed by atoms with Gasteiger partial charge in [-0.05, 0) is 24.3 Å². The number of anilines is 2. The molecule has 3 heterocycles. The number of hydrogen-bond acceptors (Lipinski definition) is 5. The van der Waals surface area contributed by atoms with E-state index < -0.39 is 58.7 Å². The molecule has 18 heteroatoms. The summed E-state index contributed by atoms with van der Waals surface area (Å²) in [4.78, 5) is 53.8. The van der Waals surface area contributed by atoms with Crippen LogP contribution < -0.4 is 16.0 Å². The zero-order chi connectivity index (χ0) is 33.1. The Morgan fingerprint density at radius 1 is 0.733 bits per heavy atom. The molecule has 2 aromatic carbocycles. The van der Waals surface area contributed by atoms with E-state index in [1.807, 2.05) is 0 Å². The first-order valence-corrected chi connectivity index (χ1v) is 12.2. The molecule has 3 amide bonds. The van der Waals surface area contributed by atoms with Crippen molar-refractivity contribution in [3.63, 3.8) is 0 Å². The predicted octanol–water partition coefficient (Wildman–Crippen LogP) is 4.58. The maximum atomic E-state index is 13.4. The number of halogens is 7. The van der Waals surface area contributed by atoms with E-state index in [-0.39, 0.29) is 45.4 Å². The molecule has 0 aliphatic heterocycles. The highest BCUT2D eigenvalue weighted by Gasteiger charge is 2.30. The van der Waals surface area contributed by atoms with Crippen molar-refractivity contribution in [3.05, 3.63) is 89.5 Å². The third-order valence-electron chi connectivity index (χ3n) is 5.92. The van der Waals surface area contributed by atoms with Gasteiger partial charge in [0.2, 0.25) is 0 Å². The van der Waals surface area contributed by atoms with Crippen molar-refractivity contribution < 1.29 is 55.0 Å². The number of alkyl halides is 3. The van der Waals surface area contributed by atoms with Gasteiger partial charge < -0.3 is 31.0 Å². The second-order valence-electron chi connectivity index (χ2n) is 8.96. The Labute approximate surface area is 245 Å². The number of nitrogens with zero attached hydrogens (tertiary/aromatic N) is 1. The van der Waals surface area contributed by atoms with Crippen LogP contribution in [0.25, 0.3) is 21.8 Å². The number of benzene rings is 2. The molecule has 0 fully saturated rings. The lowest BCUT2D eigenvalue weighted by Gasteiger charge is -2.08. The number of carbonyl (C=O) groups is 4. The molecule has 3 aromatic heterocycles. The van der Waals surface area contributed by atoms with Crippen molar-refractivity contribution in [1.29, 1.82) is 0 Å². The molecule has 234 valence electrons. The van der Waals surface area contributed by atoms with Crippen molar-refractivity contribution >= 4 is 56.9 Å². The predicted molar refractivity (Wildman–Crippen MR) is 142 cm³/mol. The number of rotatable bonds is 4. The highest BCUT2D eigenvalue weighted by Crippen LogP contribution is 2.29. The van der Waals surface area contributed by atoms with Gasteiger partial charge in [0.25, 0.3) is 0 Å². The van der Waals surface area contributed by atoms with Crippen LogP contribution in [0, 0.1) is 23.3 Å². The Bertz CT molecular complexity index is 1940. The third-order valence-corrected chi connectivity index (χ3v) is 5.92. The molecule has 5 aromatic rings. The molecule has 0 atom stereocenters. The van der Waals surface area contributed by atoms with Gasteiger partial charge in [-0.25, -0.2) is 22.4 Å². The van der Waals surface area contributed by atoms with Crippen LogP contribution >= 0.6 is 0 Å². The number of aromatic nitrogens is 3. The summed E-state index contributed by atoms with van der Waals surface area (Å²) < 4.78 is 89.8. The zero-order valence-electron chi connectivity index (χ0n) is 22.1. The molecule has 0 unspecified atom stereocenters. The molecule has 0 saturated heterocycles. The van der Waals surface area contributed by atoms with Gasteiger partial charge in [0.15, 0.2) is 23.3 Å². The Hall–Kier alpha value is -5.94. The quantitative estimate of drug-likeness (QED) is 0.124. The first kappa shape index (κ1) is 32.0. The number of aliphatic carboxylic acids is 1. The van der Waals surface area contributed by atoms with Gasteiger partial charge >= 0.3 is 29.9 Å². The number of fused-ring (bicyclic) bond motifs is 2. The smallest absolute Gasteiger partial charge is 0.417 e. The fourth-order valence-corrected chi connectivity index (χ4v) is 3.74. The van der Waals surface area contributed by atoms with E-state index >= 15 is 0 Å². The summed E-state index contributed by atoms with van der Waals surface area (Å²) in [6.07, 6.45) is -1.41. The normalized spacial score (nSPS) is 11.1. The van der Waals surface area contributed by atoms with Crippen molar-refractivity contribution in [2.45, 2.75) is 12.7 Å². The monoisotopic (exact) mass is 638 g/mol. The molecule has 45 heavy (non-hydrogen) atoms. The summed E-state index contributed by atoms with van der Waals surface area (Å²) in [5.74, 6) is -9.42. The second-order valence-corrected chi connectivity index (χ2v) is 8.96. The number of hydrogen-bond donors (Lipinski definition) is 6. The van der Waals surface area contributed by atoms with Gasteiger partial charge in [0, 0.05) is 41.5 Å². The second kappa shape index (κ2) is 12.7. The summed E-state index contributed by atoms with van der Waals surface area (Å²) in [7, 11) is 0. The molecule has 0 radical (unpaired) electrons. The first-order chi connectivity index (χ1) is 21.1. The van der Waals surface area contributed by atoms with Crippen molar-refractivity contribution in [1.82, 2.24) is 20.3 Å². The SMILES string of the molecule is O=C(NCc1ccc(C(F)(F)F)cn1)C(=O)Nc1c[nH]c2cc(F)c(F)cc12.O=C(O)C(=O)Nc1c[nH]c2cc(F)c(F)cc12. The summed E-state index contributed by atoms with van der Waals surface area (Å²) in [6.45, 7) is -0.280. The van der Waals surface area contributed by atoms with Gasteiger partial charge in [-0.2, -0.15) is 13.2 Å². The maximum absolute atomic E-state index is 13.4. The highest BCUT2D eigenvalue weighted by atomic mass is 19.4. The van der Waals surface area contributed by atoms with E-state index in [1.165, 1.54) is 12.4 Å². The van der Waals surface area contributed by atoms with E-state index in [9.17, 15) is 49.9 Å². The van der Waals surface area contributed by atoms with Crippen LogP contribution in [0.5, 0.6) is 0 Å². The van der Waals surface area contributed by atoms with E-state index in [0.29, 0.717) is 6.20 Å². The molecule has 0 aliphatic rings. The molecule has 11 nitrogen and oxygen atoms in total. The van der Waals surface area contributed by atoms with Crippen LogP contribution in [0.15, 0.2) is 55.0 Å². The Morgan fingerprint density at radius 3 is 1.67 bits per heavy atom. The number of carbonyl (C=O) groups excluding carboxylic acids is 3. The van der Waals surface area contributed by atoms with E-state index in [4.69, 9.17) is 5.11 Å². The molecule has 6 N–H and O–H groups in total. The van der Waals surface area contributed by atoms with Crippen molar-refractivity contribution in [3.8, 4) is 0 Å². The van der Waals surface area contributed by atoms with Crippen LogP contribution in [-0.4, -0.2) is 43.7 Å². The number of H-pyrrole nitrogens is 2. The Balaban J connectivity index is 0.000000231. The Kier molecular flexibility index (Phi) is 9.05. The van der Waals surface area contributed by atoms with Crippen LogP contribution in [0.2, 0.25) is 0 Å². The molecular formula is C27H17F7N6O5. The van der Waals surface area contributed by atoms with E-state index in [2.05, 4.69) is 30.9 Å². The summed E-state index contributed by atoms with van der Waals surface area (Å²) in [6, 6.07) is 5.42. The van der Waals surface area contributed by atoms with Gasteiger partial charge in [0.05, 0.1) is 40.2 Å². The standard InChI is InChI=1S/C17H11F5N4O2.C10H6F2N2O3/c18-11-3-10-13(4-12(11)19)24-7-14(10)26-16(28)15(27)25-6-9-2-1-8(5-23-9)17(20,21)22;11-5-1-4-7(2-6(5)12)13-3-8(4)14-9(15)10(16)17/h1-5,7,24H,6H2,(H,25,27)(H,26,28);1-3,13H,(H,14,15)(H,16,17). The highest BCUT2D eigenvalue weighted by molar-refractivity contribution is 6.40. The Morgan fingerprint density at radius 2 is 1.22 bits per heavy atom. The average molecular weight is 638 g/mol. The molecule has 0 bridgehead atoms. The number of carboxylic acid groups (broad SMARTS) is 1. The lowest BCUT2D eigenvalue weighted by molar-refractivity contribution is -0.147. The average Bonchev–Trinajstić information content (AvgIpc) is 3.54. The van der Waals surface area contributed by atoms with Crippen molar-refractivity contribution in [2.24, 2.45) is 0 Å². The summed E-state index contributed by atoms with van der Waals surface area (Å²) in [5, 5.41) is 15.2. The topological polar surface area (TPSA) is 169 Å². The number of amides is 3. The van der Waals surface area contributed by atoms with Crippen molar-refractivity contribution in [2.75, 3.05) is 10.6 Å². The minimum absolute atomic E-state index is 0.0571. The number of carboxylic acids is 1. The van der Waals surface area contributed by atoms with E-state index in [1.54, 1.807) is 0 Å². The molecule has 0 spiro atoms. The molecule has 5 rings (SSSR count). The minimum atomic E-state index is -4.53. The van der Waals surface area contributed by atoms with E-state index in [0.717, 1.165) is 36.4 Å². The molecular weight excluding hydrogens is 621 g/mol. The number of pyridine rings is 1. The largest absolute Gasteiger partial charge is 0.474 e. The lowest BCUT2D eigenvalue weighted by Crippen LogP contribution is -2.35. The number of nitrogens with one attached hydrogen (secondary N) is 5. The van der Waals surface area contributed by atoms with Gasteiger partial charge in [0.1, 0.15) is 0 Å². The minimum Gasteiger partial charge on any atom is -0.474 e. The van der Waals surface area contributed by atoms with Crippen LogP contribution in [0.3, 0.4) is 0 Å². The van der Waals surface area contributed by atoms with Crippen LogP contribution in [-0.2, 0) is 31.9 Å². The fraction of sp³-hybridized carbons (Fsp3) is 0.0741. The van der Waals surface area contributed by atoms with Crippen LogP contribution in [0.4, 0.5) is 42.1 Å². The summed E-state index contributed by atoms with van der Waals surface area (Å²) in [5.41, 5.74) is -0.233. The zero-order valence-corrected chi connectivity index (χ0v) is 22.1. The maximum Gasteiger partial charge on any atom is 0.417 e. The van der Waals surface area contributed by atoms with Crippen LogP contribution in [0.1, 0.15) is 11.3 Å². The number of aromatic amines is 2. The first-order valence-electron chi connectivity index (χ1n) is 12.2. The van der Waals surface area contributed by atoms with Gasteiger partial charge in [-0.15, -0.1) is 0 Å². The lowest BCUT2D eigenvalue weighted by atomic mass is 10.2. The summed E-state index contributed by atoms with van der Waals surface area (Å²) >= 11 is 0. The molecule has 0 aliphatic carbocycles. The fourth-order valence-electron chi connectivity index (χ4n) is 3.74.